The number of amides is 1. The van der Waals surface area contributed by atoms with Crippen LogP contribution in [0.25, 0.3) is 0 Å². The van der Waals surface area contributed by atoms with Crippen LogP contribution in [0.1, 0.15) is 21.5 Å². The summed E-state index contributed by atoms with van der Waals surface area (Å²) in [6.07, 6.45) is 3.40. The van der Waals surface area contributed by atoms with E-state index in [0.29, 0.717) is 18.8 Å². The van der Waals surface area contributed by atoms with E-state index < -0.39 is 0 Å². The molecule has 0 bridgehead atoms. The Morgan fingerprint density at radius 2 is 1.87 bits per heavy atom. The zero-order valence-corrected chi connectivity index (χ0v) is 13.5. The highest BCUT2D eigenvalue weighted by atomic mass is 16.5. The maximum atomic E-state index is 12.6. The van der Waals surface area contributed by atoms with Crippen LogP contribution in [0.5, 0.6) is 0 Å². The summed E-state index contributed by atoms with van der Waals surface area (Å²) in [7, 11) is 0. The van der Waals surface area contributed by atoms with Crippen molar-refractivity contribution >= 4 is 17.3 Å². The van der Waals surface area contributed by atoms with Crippen LogP contribution in [0, 0.1) is 13.8 Å². The summed E-state index contributed by atoms with van der Waals surface area (Å²) >= 11 is 0. The average molecular weight is 311 g/mol. The molecule has 5 heteroatoms. The molecule has 0 unspecified atom stereocenters. The van der Waals surface area contributed by atoms with Gasteiger partial charge in [-0.3, -0.25) is 9.78 Å². The fourth-order valence-electron chi connectivity index (χ4n) is 2.74. The van der Waals surface area contributed by atoms with E-state index in [0.717, 1.165) is 35.6 Å². The lowest BCUT2D eigenvalue weighted by Crippen LogP contribution is -2.36. The highest BCUT2D eigenvalue weighted by Gasteiger charge is 2.15. The molecule has 3 rings (SSSR count). The standard InChI is InChI=1S/C18H21N3O2/c1-13-4-3-5-14(2)17(13)20-18(22)15-10-16(12-19-11-15)21-6-8-23-9-7-21/h3-5,10-12H,6-9H2,1-2H3,(H,20,22). The van der Waals surface area contributed by atoms with Crippen molar-refractivity contribution in [3.8, 4) is 0 Å². The van der Waals surface area contributed by atoms with Crippen molar-refractivity contribution in [1.82, 2.24) is 4.98 Å². The van der Waals surface area contributed by atoms with Crippen molar-refractivity contribution in [2.45, 2.75) is 13.8 Å². The van der Waals surface area contributed by atoms with Gasteiger partial charge in [-0.05, 0) is 31.0 Å². The summed E-state index contributed by atoms with van der Waals surface area (Å²) in [5.74, 6) is -0.134. The van der Waals surface area contributed by atoms with Gasteiger partial charge in [0.25, 0.3) is 5.91 Å². The second-order valence-electron chi connectivity index (χ2n) is 5.75. The summed E-state index contributed by atoms with van der Waals surface area (Å²) in [6, 6.07) is 7.86. The first-order valence-electron chi connectivity index (χ1n) is 7.80. The van der Waals surface area contributed by atoms with Crippen LogP contribution in [0.3, 0.4) is 0 Å². The number of para-hydroxylation sites is 1. The molecule has 0 atom stereocenters. The molecular weight excluding hydrogens is 290 g/mol. The number of pyridine rings is 1. The number of nitrogens with zero attached hydrogens (tertiary/aromatic N) is 2. The van der Waals surface area contributed by atoms with Crippen LogP contribution in [-0.4, -0.2) is 37.2 Å². The van der Waals surface area contributed by atoms with Gasteiger partial charge in [-0.15, -0.1) is 0 Å². The number of aryl methyl sites for hydroxylation is 2. The van der Waals surface area contributed by atoms with Gasteiger partial charge in [-0.1, -0.05) is 18.2 Å². The number of aromatic nitrogens is 1. The molecule has 1 amide bonds. The predicted octanol–water partition coefficient (Wildman–Crippen LogP) is 2.79. The van der Waals surface area contributed by atoms with E-state index in [9.17, 15) is 4.79 Å². The minimum atomic E-state index is -0.134. The van der Waals surface area contributed by atoms with E-state index in [1.165, 1.54) is 0 Å². The van der Waals surface area contributed by atoms with Gasteiger partial charge in [0.1, 0.15) is 0 Å². The predicted molar refractivity (Wildman–Crippen MR) is 91.1 cm³/mol. The summed E-state index contributed by atoms with van der Waals surface area (Å²) in [4.78, 5) is 19.0. The topological polar surface area (TPSA) is 54.5 Å². The maximum Gasteiger partial charge on any atom is 0.257 e. The Balaban J connectivity index is 1.80. The van der Waals surface area contributed by atoms with Gasteiger partial charge in [-0.25, -0.2) is 0 Å². The number of hydrogen-bond donors (Lipinski definition) is 1. The van der Waals surface area contributed by atoms with Gasteiger partial charge >= 0.3 is 0 Å². The van der Waals surface area contributed by atoms with Crippen molar-refractivity contribution < 1.29 is 9.53 Å². The third-order valence-corrected chi connectivity index (χ3v) is 4.08. The molecule has 120 valence electrons. The molecule has 23 heavy (non-hydrogen) atoms. The molecule has 1 N–H and O–H groups in total. The lowest BCUT2D eigenvalue weighted by molar-refractivity contribution is 0.102. The minimum Gasteiger partial charge on any atom is -0.378 e. The van der Waals surface area contributed by atoms with E-state index in [-0.39, 0.29) is 5.91 Å². The van der Waals surface area contributed by atoms with E-state index in [1.54, 1.807) is 12.4 Å². The second-order valence-corrected chi connectivity index (χ2v) is 5.75. The van der Waals surface area contributed by atoms with Gasteiger partial charge < -0.3 is 15.0 Å². The van der Waals surface area contributed by atoms with E-state index in [4.69, 9.17) is 4.74 Å². The zero-order chi connectivity index (χ0) is 16.2. The van der Waals surface area contributed by atoms with Crippen LogP contribution in [0.15, 0.2) is 36.7 Å². The van der Waals surface area contributed by atoms with E-state index in [2.05, 4.69) is 15.2 Å². The summed E-state index contributed by atoms with van der Waals surface area (Å²) in [5.41, 5.74) is 4.50. The SMILES string of the molecule is Cc1cccc(C)c1NC(=O)c1cncc(N2CCOCC2)c1. The Morgan fingerprint density at radius 3 is 2.57 bits per heavy atom. The normalized spacial score (nSPS) is 14.6. The maximum absolute atomic E-state index is 12.6. The lowest BCUT2D eigenvalue weighted by atomic mass is 10.1. The monoisotopic (exact) mass is 311 g/mol. The Bertz CT molecular complexity index is 689. The zero-order valence-electron chi connectivity index (χ0n) is 13.5. The highest BCUT2D eigenvalue weighted by molar-refractivity contribution is 6.05. The first-order chi connectivity index (χ1) is 11.1. The van der Waals surface area contributed by atoms with Gasteiger partial charge in [0.2, 0.25) is 0 Å². The molecule has 1 aliphatic heterocycles. The fraction of sp³-hybridized carbons (Fsp3) is 0.333. The average Bonchev–Trinajstić information content (AvgIpc) is 2.59. The Kier molecular flexibility index (Phi) is 4.57. The molecule has 1 aliphatic rings. The molecule has 1 aromatic carbocycles. The summed E-state index contributed by atoms with van der Waals surface area (Å²) in [5, 5.41) is 3.00. The second kappa shape index (κ2) is 6.79. The largest absolute Gasteiger partial charge is 0.378 e. The van der Waals surface area contributed by atoms with Crippen molar-refractivity contribution in [2.75, 3.05) is 36.5 Å². The summed E-state index contributed by atoms with van der Waals surface area (Å²) < 4.78 is 5.36. The number of ether oxygens (including phenoxy) is 1. The quantitative estimate of drug-likeness (QED) is 0.947. The van der Waals surface area contributed by atoms with Gasteiger partial charge in [0, 0.05) is 25.0 Å². The number of benzene rings is 1. The number of morpholine rings is 1. The highest BCUT2D eigenvalue weighted by Crippen LogP contribution is 2.21. The first-order valence-corrected chi connectivity index (χ1v) is 7.80. The van der Waals surface area contributed by atoms with Crippen LogP contribution in [0.2, 0.25) is 0 Å². The van der Waals surface area contributed by atoms with E-state index >= 15 is 0 Å². The molecule has 0 radical (unpaired) electrons. The van der Waals surface area contributed by atoms with Crippen molar-refractivity contribution in [3.63, 3.8) is 0 Å². The van der Waals surface area contributed by atoms with Crippen LogP contribution < -0.4 is 10.2 Å². The van der Waals surface area contributed by atoms with E-state index in [1.807, 2.05) is 38.1 Å². The number of nitrogens with one attached hydrogen (secondary N) is 1. The van der Waals surface area contributed by atoms with Crippen molar-refractivity contribution in [2.24, 2.45) is 0 Å². The number of anilines is 2. The molecule has 1 fully saturated rings. The molecule has 5 nitrogen and oxygen atoms in total. The number of hydrogen-bond acceptors (Lipinski definition) is 4. The third-order valence-electron chi connectivity index (χ3n) is 4.08. The number of carbonyl (C=O) groups excluding carboxylic acids is 1. The Labute approximate surface area is 136 Å². The number of rotatable bonds is 3. The molecule has 2 aromatic rings. The van der Waals surface area contributed by atoms with Crippen molar-refractivity contribution in [1.29, 1.82) is 0 Å². The van der Waals surface area contributed by atoms with Gasteiger partial charge in [-0.2, -0.15) is 0 Å². The Morgan fingerprint density at radius 1 is 1.17 bits per heavy atom. The Hall–Kier alpha value is -2.40. The molecule has 1 saturated heterocycles. The molecule has 0 saturated carbocycles. The van der Waals surface area contributed by atoms with Crippen LogP contribution >= 0.6 is 0 Å². The smallest absolute Gasteiger partial charge is 0.257 e. The summed E-state index contributed by atoms with van der Waals surface area (Å²) in [6.45, 7) is 7.04. The van der Waals surface area contributed by atoms with Gasteiger partial charge in [0.15, 0.2) is 0 Å². The van der Waals surface area contributed by atoms with Crippen molar-refractivity contribution in [3.05, 3.63) is 53.3 Å². The first kappa shape index (κ1) is 15.5. The molecule has 1 aromatic heterocycles. The fourth-order valence-corrected chi connectivity index (χ4v) is 2.74. The van der Waals surface area contributed by atoms with Gasteiger partial charge in [0.05, 0.1) is 30.7 Å². The number of carbonyl (C=O) groups is 1. The molecule has 2 heterocycles. The molecule has 0 spiro atoms. The third kappa shape index (κ3) is 3.51. The van der Waals surface area contributed by atoms with Crippen LogP contribution in [0.4, 0.5) is 11.4 Å². The minimum absolute atomic E-state index is 0.134. The molecular formula is C18H21N3O2. The lowest BCUT2D eigenvalue weighted by Gasteiger charge is -2.28. The molecule has 0 aliphatic carbocycles. The van der Waals surface area contributed by atoms with Crippen LogP contribution in [-0.2, 0) is 4.74 Å².